The molecule has 0 bridgehead atoms. The highest BCUT2D eigenvalue weighted by atomic mass is 19.4. The zero-order valence-electron chi connectivity index (χ0n) is 13.3. The Morgan fingerprint density at radius 1 is 1.36 bits per heavy atom. The van der Waals surface area contributed by atoms with Crippen molar-refractivity contribution in [2.24, 2.45) is 0 Å². The van der Waals surface area contributed by atoms with Gasteiger partial charge in [0, 0.05) is 11.7 Å². The van der Waals surface area contributed by atoms with Crippen LogP contribution in [0.3, 0.4) is 0 Å². The van der Waals surface area contributed by atoms with Gasteiger partial charge in [-0.1, -0.05) is 0 Å². The molecule has 3 aromatic heterocycles. The summed E-state index contributed by atoms with van der Waals surface area (Å²) in [6, 6.07) is 0.561. The first-order chi connectivity index (χ1) is 11.8. The van der Waals surface area contributed by atoms with Crippen molar-refractivity contribution in [3.8, 4) is 0 Å². The molecular formula is C14H14F3N7O. The molecule has 0 fully saturated rings. The summed E-state index contributed by atoms with van der Waals surface area (Å²) in [5.41, 5.74) is -1.01. The van der Waals surface area contributed by atoms with Crippen LogP contribution in [0, 0.1) is 6.92 Å². The van der Waals surface area contributed by atoms with E-state index in [4.69, 9.17) is 0 Å². The van der Waals surface area contributed by atoms with Gasteiger partial charge < -0.3 is 5.32 Å². The second kappa shape index (κ2) is 6.15. The molecule has 3 aromatic rings. The topological polar surface area (TPSA) is 90.0 Å². The van der Waals surface area contributed by atoms with E-state index in [1.54, 1.807) is 6.92 Å². The Balaban J connectivity index is 1.88. The van der Waals surface area contributed by atoms with Crippen LogP contribution in [0.2, 0.25) is 0 Å². The minimum Gasteiger partial charge on any atom is -0.348 e. The molecule has 0 unspecified atom stereocenters. The summed E-state index contributed by atoms with van der Waals surface area (Å²) in [7, 11) is 0. The summed E-state index contributed by atoms with van der Waals surface area (Å²) in [4.78, 5) is 20.2. The minimum absolute atomic E-state index is 0.0281. The predicted molar refractivity (Wildman–Crippen MR) is 79.7 cm³/mol. The Kier molecular flexibility index (Phi) is 4.15. The number of alkyl halides is 3. The molecule has 25 heavy (non-hydrogen) atoms. The highest BCUT2D eigenvalue weighted by molar-refractivity contribution is 5.99. The van der Waals surface area contributed by atoms with Crippen LogP contribution in [0.1, 0.15) is 28.7 Å². The monoisotopic (exact) mass is 353 g/mol. The minimum atomic E-state index is -4.61. The first-order valence-electron chi connectivity index (χ1n) is 7.31. The molecule has 0 aliphatic heterocycles. The first kappa shape index (κ1) is 16.9. The van der Waals surface area contributed by atoms with Crippen molar-refractivity contribution in [2.75, 3.05) is 0 Å². The van der Waals surface area contributed by atoms with Crippen LogP contribution in [0.25, 0.3) is 5.65 Å². The average molecular weight is 353 g/mol. The summed E-state index contributed by atoms with van der Waals surface area (Å²) < 4.78 is 41.5. The van der Waals surface area contributed by atoms with Crippen LogP contribution in [0.5, 0.6) is 0 Å². The number of carbonyl (C=O) groups excluding carboxylic acids is 1. The number of nitrogens with zero attached hydrogens (tertiary/aromatic N) is 6. The standard InChI is InChI=1S/C14H14F3N7O/c1-8-3-11(14(15,16)17)24-12(21-8)10(4-19-24)13(25)22-9(2)5-23-7-18-6-20-23/h3-4,6-7,9H,5H2,1-2H3,(H,22,25)/t9-/m1/s1. The zero-order chi connectivity index (χ0) is 18.2. The van der Waals surface area contributed by atoms with E-state index in [0.29, 0.717) is 11.1 Å². The van der Waals surface area contributed by atoms with Crippen molar-refractivity contribution >= 4 is 11.6 Å². The van der Waals surface area contributed by atoms with Crippen molar-refractivity contribution in [3.63, 3.8) is 0 Å². The fraction of sp³-hybridized carbons (Fsp3) is 0.357. The number of nitrogens with one attached hydrogen (secondary N) is 1. The van der Waals surface area contributed by atoms with E-state index in [-0.39, 0.29) is 22.9 Å². The van der Waals surface area contributed by atoms with Crippen LogP contribution in [-0.2, 0) is 12.7 Å². The maximum atomic E-state index is 13.1. The Morgan fingerprint density at radius 3 is 2.76 bits per heavy atom. The van der Waals surface area contributed by atoms with E-state index >= 15 is 0 Å². The van der Waals surface area contributed by atoms with E-state index in [0.717, 1.165) is 12.3 Å². The van der Waals surface area contributed by atoms with Gasteiger partial charge in [0.05, 0.1) is 12.7 Å². The summed E-state index contributed by atoms with van der Waals surface area (Å²) in [6.45, 7) is 3.54. The van der Waals surface area contributed by atoms with E-state index in [2.05, 4.69) is 25.5 Å². The van der Waals surface area contributed by atoms with Crippen LogP contribution < -0.4 is 5.32 Å². The third-order valence-electron chi connectivity index (χ3n) is 3.44. The molecule has 1 amide bonds. The fourth-order valence-electron chi connectivity index (χ4n) is 2.40. The Labute approximate surface area is 139 Å². The molecule has 3 heterocycles. The maximum Gasteiger partial charge on any atom is 0.433 e. The smallest absolute Gasteiger partial charge is 0.348 e. The maximum absolute atomic E-state index is 13.1. The van der Waals surface area contributed by atoms with Crippen molar-refractivity contribution in [1.82, 2.24) is 34.7 Å². The molecule has 1 N–H and O–H groups in total. The van der Waals surface area contributed by atoms with Crippen LogP contribution in [0.15, 0.2) is 24.9 Å². The summed E-state index contributed by atoms with van der Waals surface area (Å²) in [5, 5.41) is 10.3. The number of rotatable bonds is 4. The summed E-state index contributed by atoms with van der Waals surface area (Å²) in [5.74, 6) is -0.561. The molecule has 0 aliphatic rings. The van der Waals surface area contributed by atoms with Gasteiger partial charge in [-0.15, -0.1) is 0 Å². The molecular weight excluding hydrogens is 339 g/mol. The van der Waals surface area contributed by atoms with Crippen LogP contribution >= 0.6 is 0 Å². The first-order valence-corrected chi connectivity index (χ1v) is 7.31. The molecule has 3 rings (SSSR count). The highest BCUT2D eigenvalue weighted by Crippen LogP contribution is 2.30. The number of halogens is 3. The fourth-order valence-corrected chi connectivity index (χ4v) is 2.40. The third kappa shape index (κ3) is 3.44. The molecule has 0 aliphatic carbocycles. The van der Waals surface area contributed by atoms with E-state index in [9.17, 15) is 18.0 Å². The van der Waals surface area contributed by atoms with Crippen LogP contribution in [0.4, 0.5) is 13.2 Å². The van der Waals surface area contributed by atoms with E-state index < -0.39 is 17.8 Å². The number of amides is 1. The number of carbonyl (C=O) groups is 1. The van der Waals surface area contributed by atoms with E-state index in [1.807, 2.05) is 0 Å². The van der Waals surface area contributed by atoms with E-state index in [1.165, 1.54) is 24.3 Å². The van der Waals surface area contributed by atoms with Crippen molar-refractivity contribution in [3.05, 3.63) is 41.9 Å². The predicted octanol–water partition coefficient (Wildman–Crippen LogP) is 1.47. The molecule has 0 radical (unpaired) electrons. The van der Waals surface area contributed by atoms with Gasteiger partial charge in [0.2, 0.25) is 0 Å². The largest absolute Gasteiger partial charge is 0.433 e. The lowest BCUT2D eigenvalue weighted by atomic mass is 10.2. The lowest BCUT2D eigenvalue weighted by molar-refractivity contribution is -0.142. The molecule has 132 valence electrons. The molecule has 8 nitrogen and oxygen atoms in total. The zero-order valence-corrected chi connectivity index (χ0v) is 13.3. The van der Waals surface area contributed by atoms with Gasteiger partial charge >= 0.3 is 6.18 Å². The second-order valence-corrected chi connectivity index (χ2v) is 5.57. The van der Waals surface area contributed by atoms with Gasteiger partial charge in [0.25, 0.3) is 5.91 Å². The molecule has 0 saturated heterocycles. The van der Waals surface area contributed by atoms with Crippen molar-refractivity contribution in [2.45, 2.75) is 32.6 Å². The Bertz CT molecular complexity index is 901. The van der Waals surface area contributed by atoms with Crippen molar-refractivity contribution in [1.29, 1.82) is 0 Å². The van der Waals surface area contributed by atoms with Crippen molar-refractivity contribution < 1.29 is 18.0 Å². The number of aryl methyl sites for hydroxylation is 1. The molecule has 0 spiro atoms. The number of hydrogen-bond donors (Lipinski definition) is 1. The third-order valence-corrected chi connectivity index (χ3v) is 3.44. The highest BCUT2D eigenvalue weighted by Gasteiger charge is 2.35. The SMILES string of the molecule is Cc1cc(C(F)(F)F)n2ncc(C(=O)N[C@H](C)Cn3cncn3)c2n1. The van der Waals surface area contributed by atoms with Gasteiger partial charge in [-0.3, -0.25) is 9.48 Å². The lowest BCUT2D eigenvalue weighted by Gasteiger charge is -2.13. The number of fused-ring (bicyclic) bond motifs is 1. The molecule has 0 aromatic carbocycles. The second-order valence-electron chi connectivity index (χ2n) is 5.57. The Hall–Kier alpha value is -2.98. The van der Waals surface area contributed by atoms with Gasteiger partial charge in [-0.2, -0.15) is 23.4 Å². The lowest BCUT2D eigenvalue weighted by Crippen LogP contribution is -2.35. The summed E-state index contributed by atoms with van der Waals surface area (Å²) >= 11 is 0. The molecule has 11 heteroatoms. The van der Waals surface area contributed by atoms with Gasteiger partial charge in [-0.05, 0) is 19.9 Å². The normalized spacial score (nSPS) is 13.2. The quantitative estimate of drug-likeness (QED) is 0.767. The Morgan fingerprint density at radius 2 is 2.12 bits per heavy atom. The molecule has 1 atom stereocenters. The van der Waals surface area contributed by atoms with Gasteiger partial charge in [-0.25, -0.2) is 14.5 Å². The number of hydrogen-bond acceptors (Lipinski definition) is 5. The summed E-state index contributed by atoms with van der Waals surface area (Å²) in [6.07, 6.45) is -0.662. The van der Waals surface area contributed by atoms with Gasteiger partial charge in [0.15, 0.2) is 5.65 Å². The van der Waals surface area contributed by atoms with Gasteiger partial charge in [0.1, 0.15) is 23.9 Å². The van der Waals surface area contributed by atoms with Crippen LogP contribution in [-0.4, -0.2) is 41.3 Å². The molecule has 0 saturated carbocycles. The number of aromatic nitrogens is 6. The average Bonchev–Trinajstić information content (AvgIpc) is 3.14.